The van der Waals surface area contributed by atoms with Gasteiger partial charge in [0.1, 0.15) is 5.54 Å². The second-order valence-corrected chi connectivity index (χ2v) is 8.63. The number of anilines is 1. The van der Waals surface area contributed by atoms with Crippen LogP contribution in [0.2, 0.25) is 0 Å². The highest BCUT2D eigenvalue weighted by Crippen LogP contribution is 2.31. The van der Waals surface area contributed by atoms with E-state index in [2.05, 4.69) is 5.32 Å². The molecule has 0 saturated carbocycles. The molecular formula is C26H23N3O4. The summed E-state index contributed by atoms with van der Waals surface area (Å²) in [6.07, 6.45) is 1.35. The number of amides is 4. The zero-order valence-electron chi connectivity index (χ0n) is 18.2. The van der Waals surface area contributed by atoms with Crippen molar-refractivity contribution in [1.82, 2.24) is 10.2 Å². The minimum atomic E-state index is -1.25. The molecule has 0 spiro atoms. The zero-order valence-corrected chi connectivity index (χ0v) is 18.2. The van der Waals surface area contributed by atoms with E-state index >= 15 is 0 Å². The van der Waals surface area contributed by atoms with Crippen LogP contribution in [0.4, 0.5) is 10.5 Å². The van der Waals surface area contributed by atoms with Crippen molar-refractivity contribution in [2.24, 2.45) is 0 Å². The number of hydrogen-bond acceptors (Lipinski definition) is 4. The van der Waals surface area contributed by atoms with E-state index < -0.39 is 17.5 Å². The van der Waals surface area contributed by atoms with Gasteiger partial charge in [0.25, 0.3) is 5.91 Å². The molecule has 0 bridgehead atoms. The Kier molecular flexibility index (Phi) is 4.96. The Morgan fingerprint density at radius 1 is 0.970 bits per heavy atom. The summed E-state index contributed by atoms with van der Waals surface area (Å²) in [7, 11) is 0. The molecule has 33 heavy (non-hydrogen) atoms. The van der Waals surface area contributed by atoms with Gasteiger partial charge in [-0.2, -0.15) is 0 Å². The van der Waals surface area contributed by atoms with Crippen molar-refractivity contribution in [3.63, 3.8) is 0 Å². The summed E-state index contributed by atoms with van der Waals surface area (Å²) in [5.74, 6) is -0.739. The number of urea groups is 1. The fraction of sp³-hybridized carbons (Fsp3) is 0.231. The molecule has 2 fully saturated rings. The third kappa shape index (κ3) is 3.55. The molecule has 3 aromatic carbocycles. The smallest absolute Gasteiger partial charge is 0.319 e. The van der Waals surface area contributed by atoms with Gasteiger partial charge in [-0.1, -0.05) is 36.4 Å². The van der Waals surface area contributed by atoms with Crippen molar-refractivity contribution in [2.45, 2.75) is 25.3 Å². The van der Waals surface area contributed by atoms with Gasteiger partial charge < -0.3 is 10.2 Å². The Labute approximate surface area is 191 Å². The molecule has 0 aromatic heterocycles. The highest BCUT2D eigenvalue weighted by atomic mass is 16.2. The fourth-order valence-electron chi connectivity index (χ4n) is 4.52. The maximum absolute atomic E-state index is 13.3. The first-order chi connectivity index (χ1) is 15.9. The first-order valence-corrected chi connectivity index (χ1v) is 10.9. The lowest BCUT2D eigenvalue weighted by Crippen LogP contribution is -2.41. The normalized spacial score (nSPS) is 20.6. The van der Waals surface area contributed by atoms with Crippen molar-refractivity contribution >= 4 is 40.1 Å². The fourth-order valence-corrected chi connectivity index (χ4v) is 4.52. The van der Waals surface area contributed by atoms with Gasteiger partial charge in [-0.05, 0) is 60.0 Å². The van der Waals surface area contributed by atoms with E-state index in [0.29, 0.717) is 24.1 Å². The SMILES string of the molecule is CC1(c2ccc3ccccc3c2)NC(=O)N(CC(=O)c2ccc(N3CCCC3=O)cc2)C1=O. The number of nitrogens with one attached hydrogen (secondary N) is 1. The maximum atomic E-state index is 13.3. The lowest BCUT2D eigenvalue weighted by molar-refractivity contribution is -0.130. The van der Waals surface area contributed by atoms with E-state index in [-0.39, 0.29) is 18.2 Å². The van der Waals surface area contributed by atoms with Crippen LogP contribution in [0.5, 0.6) is 0 Å². The first-order valence-electron chi connectivity index (χ1n) is 10.9. The molecule has 2 aliphatic rings. The molecule has 1 unspecified atom stereocenters. The molecule has 0 radical (unpaired) electrons. The third-order valence-corrected chi connectivity index (χ3v) is 6.48. The third-order valence-electron chi connectivity index (χ3n) is 6.48. The van der Waals surface area contributed by atoms with Gasteiger partial charge in [0.2, 0.25) is 5.91 Å². The Hall–Kier alpha value is -4.00. The van der Waals surface area contributed by atoms with Gasteiger partial charge in [0.15, 0.2) is 5.78 Å². The van der Waals surface area contributed by atoms with Crippen LogP contribution in [0, 0.1) is 0 Å². The lowest BCUT2D eigenvalue weighted by Gasteiger charge is -2.22. The lowest BCUT2D eigenvalue weighted by atomic mass is 9.90. The number of hydrogen-bond donors (Lipinski definition) is 1. The number of carbonyl (C=O) groups excluding carboxylic acids is 4. The molecule has 1 atom stereocenters. The molecule has 2 aliphatic heterocycles. The number of carbonyl (C=O) groups is 4. The standard InChI is InChI=1S/C26H23N3O4/c1-26(20-11-8-17-5-2-3-6-19(17)15-20)24(32)29(25(33)27-26)16-22(30)18-9-12-21(13-10-18)28-14-4-7-23(28)31/h2-3,5-6,8-13,15H,4,7,14,16H2,1H3,(H,27,33). The van der Waals surface area contributed by atoms with Crippen molar-refractivity contribution in [3.05, 3.63) is 77.9 Å². The minimum Gasteiger partial charge on any atom is -0.319 e. The first kappa shape index (κ1) is 20.9. The van der Waals surface area contributed by atoms with Gasteiger partial charge >= 0.3 is 6.03 Å². The number of nitrogens with zero attached hydrogens (tertiary/aromatic N) is 2. The molecule has 0 aliphatic carbocycles. The molecule has 2 saturated heterocycles. The van der Waals surface area contributed by atoms with Crippen molar-refractivity contribution < 1.29 is 19.2 Å². The number of fused-ring (bicyclic) bond motifs is 1. The highest BCUT2D eigenvalue weighted by Gasteiger charge is 2.49. The molecule has 5 rings (SSSR count). The molecule has 4 amide bonds. The monoisotopic (exact) mass is 441 g/mol. The number of imide groups is 1. The summed E-state index contributed by atoms with van der Waals surface area (Å²) in [5.41, 5.74) is 0.536. The van der Waals surface area contributed by atoms with Crippen LogP contribution >= 0.6 is 0 Å². The Morgan fingerprint density at radius 3 is 2.39 bits per heavy atom. The minimum absolute atomic E-state index is 0.0707. The topological polar surface area (TPSA) is 86.8 Å². The van der Waals surface area contributed by atoms with Crippen LogP contribution in [-0.4, -0.2) is 41.6 Å². The predicted molar refractivity (Wildman–Crippen MR) is 124 cm³/mol. The number of rotatable bonds is 5. The van der Waals surface area contributed by atoms with E-state index in [4.69, 9.17) is 0 Å². The van der Waals surface area contributed by atoms with Crippen LogP contribution < -0.4 is 10.2 Å². The maximum Gasteiger partial charge on any atom is 0.325 e. The molecular weight excluding hydrogens is 418 g/mol. The van der Waals surface area contributed by atoms with Crippen LogP contribution in [0.15, 0.2) is 66.7 Å². The van der Waals surface area contributed by atoms with Crippen molar-refractivity contribution in [1.29, 1.82) is 0 Å². The van der Waals surface area contributed by atoms with Crippen LogP contribution in [0.25, 0.3) is 10.8 Å². The largest absolute Gasteiger partial charge is 0.325 e. The van der Waals surface area contributed by atoms with Crippen LogP contribution in [-0.2, 0) is 15.1 Å². The average Bonchev–Trinajstić information content (AvgIpc) is 3.35. The highest BCUT2D eigenvalue weighted by molar-refractivity contribution is 6.11. The number of Topliss-reactive ketones (excluding diaryl/α,β-unsaturated/α-hetero) is 1. The summed E-state index contributed by atoms with van der Waals surface area (Å²) < 4.78 is 0. The molecule has 166 valence electrons. The van der Waals surface area contributed by atoms with Crippen LogP contribution in [0.3, 0.4) is 0 Å². The van der Waals surface area contributed by atoms with E-state index in [0.717, 1.165) is 27.8 Å². The average molecular weight is 441 g/mol. The molecule has 3 aromatic rings. The van der Waals surface area contributed by atoms with Gasteiger partial charge in [-0.3, -0.25) is 19.3 Å². The predicted octanol–water partition coefficient (Wildman–Crippen LogP) is 3.62. The van der Waals surface area contributed by atoms with E-state index in [1.54, 1.807) is 36.1 Å². The second kappa shape index (κ2) is 7.85. The summed E-state index contributed by atoms with van der Waals surface area (Å²) >= 11 is 0. The summed E-state index contributed by atoms with van der Waals surface area (Å²) in [4.78, 5) is 53.4. The molecule has 7 nitrogen and oxygen atoms in total. The van der Waals surface area contributed by atoms with Gasteiger partial charge in [0.05, 0.1) is 6.54 Å². The number of ketones is 1. The molecule has 7 heteroatoms. The number of benzene rings is 3. The van der Waals surface area contributed by atoms with E-state index in [1.807, 2.05) is 42.5 Å². The molecule has 2 heterocycles. The van der Waals surface area contributed by atoms with Gasteiger partial charge in [0, 0.05) is 24.2 Å². The zero-order chi connectivity index (χ0) is 23.2. The Balaban J connectivity index is 1.34. The van der Waals surface area contributed by atoms with Crippen molar-refractivity contribution in [3.8, 4) is 0 Å². The quantitative estimate of drug-likeness (QED) is 0.484. The van der Waals surface area contributed by atoms with E-state index in [1.165, 1.54) is 0 Å². The van der Waals surface area contributed by atoms with Crippen LogP contribution in [0.1, 0.15) is 35.7 Å². The second-order valence-electron chi connectivity index (χ2n) is 8.63. The van der Waals surface area contributed by atoms with Gasteiger partial charge in [-0.25, -0.2) is 4.79 Å². The van der Waals surface area contributed by atoms with Crippen molar-refractivity contribution in [2.75, 3.05) is 18.0 Å². The van der Waals surface area contributed by atoms with E-state index in [9.17, 15) is 19.2 Å². The Bertz CT molecular complexity index is 1300. The van der Waals surface area contributed by atoms with Gasteiger partial charge in [-0.15, -0.1) is 0 Å². The summed E-state index contributed by atoms with van der Waals surface area (Å²) in [6, 6.07) is 19.5. The Morgan fingerprint density at radius 2 is 1.70 bits per heavy atom. The summed E-state index contributed by atoms with van der Waals surface area (Å²) in [6.45, 7) is 1.97. The molecule has 1 N–H and O–H groups in total. The summed E-state index contributed by atoms with van der Waals surface area (Å²) in [5, 5.41) is 4.76.